The van der Waals surface area contributed by atoms with Crippen molar-refractivity contribution in [3.05, 3.63) is 40.3 Å². The predicted octanol–water partition coefficient (Wildman–Crippen LogP) is 1.68. The molecular formula is C12H15N3OS. The Hall–Kier alpha value is -1.46. The highest BCUT2D eigenvalue weighted by Crippen LogP contribution is 2.19. The molecule has 4 nitrogen and oxygen atoms in total. The van der Waals surface area contributed by atoms with Crippen LogP contribution >= 0.6 is 11.3 Å². The summed E-state index contributed by atoms with van der Waals surface area (Å²) in [4.78, 5) is 12.8. The summed E-state index contributed by atoms with van der Waals surface area (Å²) in [5, 5.41) is 6.00. The molecular weight excluding hydrogens is 234 g/mol. The zero-order valence-electron chi connectivity index (χ0n) is 9.67. The lowest BCUT2D eigenvalue weighted by atomic mass is 10.1. The van der Waals surface area contributed by atoms with E-state index in [-0.39, 0.29) is 5.78 Å². The highest BCUT2D eigenvalue weighted by molar-refractivity contribution is 7.10. The van der Waals surface area contributed by atoms with Gasteiger partial charge in [-0.1, -0.05) is 6.07 Å². The lowest BCUT2D eigenvalue weighted by Crippen LogP contribution is -2.20. The van der Waals surface area contributed by atoms with Crippen LogP contribution in [0.25, 0.3) is 0 Å². The van der Waals surface area contributed by atoms with Crippen molar-refractivity contribution in [2.24, 2.45) is 12.8 Å². The molecule has 0 aliphatic rings. The molecule has 0 fully saturated rings. The van der Waals surface area contributed by atoms with Gasteiger partial charge in [0.15, 0.2) is 5.78 Å². The van der Waals surface area contributed by atoms with Crippen LogP contribution in [0.5, 0.6) is 0 Å². The van der Waals surface area contributed by atoms with Crippen molar-refractivity contribution < 1.29 is 4.79 Å². The molecule has 2 rings (SSSR count). The van der Waals surface area contributed by atoms with Gasteiger partial charge in [0.1, 0.15) is 0 Å². The fraction of sp³-hybridized carbons (Fsp3) is 0.333. The standard InChI is InChI=1S/C12H15N3OS/c1-15-8-9(7-14-15)4-5-10(16)12(13)11-3-2-6-17-11/h2-3,6-8,12H,4-5,13H2,1H3. The van der Waals surface area contributed by atoms with E-state index in [1.165, 1.54) is 11.3 Å². The first kappa shape index (κ1) is 12.0. The number of thiophene rings is 1. The quantitative estimate of drug-likeness (QED) is 0.877. The minimum absolute atomic E-state index is 0.0799. The van der Waals surface area contributed by atoms with Gasteiger partial charge in [0, 0.05) is 24.5 Å². The maximum absolute atomic E-state index is 11.9. The Bertz CT molecular complexity index is 490. The molecule has 0 bridgehead atoms. The van der Waals surface area contributed by atoms with E-state index >= 15 is 0 Å². The van der Waals surface area contributed by atoms with E-state index in [0.29, 0.717) is 12.8 Å². The predicted molar refractivity (Wildman–Crippen MR) is 67.8 cm³/mol. The maximum atomic E-state index is 11.9. The smallest absolute Gasteiger partial charge is 0.155 e. The molecule has 1 atom stereocenters. The highest BCUT2D eigenvalue weighted by atomic mass is 32.1. The number of aromatic nitrogens is 2. The molecule has 2 aromatic rings. The Morgan fingerprint density at radius 2 is 2.47 bits per heavy atom. The third-order valence-electron chi connectivity index (χ3n) is 2.62. The fourth-order valence-electron chi connectivity index (χ4n) is 1.65. The van der Waals surface area contributed by atoms with E-state index < -0.39 is 6.04 Å². The molecule has 0 aliphatic heterocycles. The van der Waals surface area contributed by atoms with Gasteiger partial charge in [-0.15, -0.1) is 11.3 Å². The third-order valence-corrected chi connectivity index (χ3v) is 3.57. The van der Waals surface area contributed by atoms with Crippen molar-refractivity contribution in [1.82, 2.24) is 9.78 Å². The van der Waals surface area contributed by atoms with Crippen LogP contribution in [0.1, 0.15) is 22.9 Å². The average Bonchev–Trinajstić information content (AvgIpc) is 2.95. The van der Waals surface area contributed by atoms with Gasteiger partial charge in [-0.25, -0.2) is 0 Å². The normalized spacial score (nSPS) is 12.6. The molecule has 2 N–H and O–H groups in total. The number of hydrogen-bond donors (Lipinski definition) is 1. The second-order valence-electron chi connectivity index (χ2n) is 3.98. The Kier molecular flexibility index (Phi) is 3.71. The van der Waals surface area contributed by atoms with E-state index in [0.717, 1.165) is 10.4 Å². The molecule has 2 heterocycles. The van der Waals surface area contributed by atoms with Gasteiger partial charge >= 0.3 is 0 Å². The number of hydrogen-bond acceptors (Lipinski definition) is 4. The Morgan fingerprint density at radius 3 is 3.06 bits per heavy atom. The maximum Gasteiger partial charge on any atom is 0.155 e. The molecule has 90 valence electrons. The summed E-state index contributed by atoms with van der Waals surface area (Å²) >= 11 is 1.52. The van der Waals surface area contributed by atoms with E-state index in [2.05, 4.69) is 5.10 Å². The first-order valence-corrected chi connectivity index (χ1v) is 6.34. The topological polar surface area (TPSA) is 60.9 Å². The summed E-state index contributed by atoms with van der Waals surface area (Å²) in [6, 6.07) is 3.33. The Balaban J connectivity index is 1.89. The van der Waals surface area contributed by atoms with Gasteiger partial charge in [0.2, 0.25) is 0 Å². The summed E-state index contributed by atoms with van der Waals surface area (Å²) < 4.78 is 1.74. The first-order valence-electron chi connectivity index (χ1n) is 5.46. The number of Topliss-reactive ketones (excluding diaryl/α,β-unsaturated/α-hetero) is 1. The number of carbonyl (C=O) groups excluding carboxylic acids is 1. The van der Waals surface area contributed by atoms with Crippen LogP contribution in [0.3, 0.4) is 0 Å². The van der Waals surface area contributed by atoms with Crippen molar-refractivity contribution in [1.29, 1.82) is 0 Å². The van der Waals surface area contributed by atoms with Crippen LogP contribution in [-0.4, -0.2) is 15.6 Å². The van der Waals surface area contributed by atoms with Crippen molar-refractivity contribution >= 4 is 17.1 Å². The molecule has 0 amide bonds. The van der Waals surface area contributed by atoms with Crippen LogP contribution in [0.4, 0.5) is 0 Å². The van der Waals surface area contributed by atoms with Crippen molar-refractivity contribution in [2.75, 3.05) is 0 Å². The van der Waals surface area contributed by atoms with Crippen molar-refractivity contribution in [2.45, 2.75) is 18.9 Å². The molecule has 0 saturated heterocycles. The van der Waals surface area contributed by atoms with Gasteiger partial charge in [-0.2, -0.15) is 5.10 Å². The molecule has 5 heteroatoms. The van der Waals surface area contributed by atoms with E-state index in [1.54, 1.807) is 10.9 Å². The Morgan fingerprint density at radius 1 is 1.65 bits per heavy atom. The summed E-state index contributed by atoms with van der Waals surface area (Å²) in [5.74, 6) is 0.0799. The summed E-state index contributed by atoms with van der Waals surface area (Å²) in [7, 11) is 1.86. The molecule has 0 aliphatic carbocycles. The Labute approximate surface area is 104 Å². The van der Waals surface area contributed by atoms with Crippen molar-refractivity contribution in [3.8, 4) is 0 Å². The number of aryl methyl sites for hydroxylation is 2. The van der Waals surface area contributed by atoms with E-state index in [9.17, 15) is 4.79 Å². The number of nitrogens with zero attached hydrogens (tertiary/aromatic N) is 2. The lowest BCUT2D eigenvalue weighted by molar-refractivity contribution is -0.120. The van der Waals surface area contributed by atoms with E-state index in [1.807, 2.05) is 30.8 Å². The van der Waals surface area contributed by atoms with Gasteiger partial charge in [-0.05, 0) is 23.4 Å². The molecule has 2 aromatic heterocycles. The van der Waals surface area contributed by atoms with Gasteiger partial charge in [0.25, 0.3) is 0 Å². The van der Waals surface area contributed by atoms with Gasteiger partial charge in [0.05, 0.1) is 12.2 Å². The zero-order chi connectivity index (χ0) is 12.3. The fourth-order valence-corrected chi connectivity index (χ4v) is 2.40. The SMILES string of the molecule is Cn1cc(CCC(=O)C(N)c2cccs2)cn1. The number of nitrogens with two attached hydrogens (primary N) is 1. The summed E-state index contributed by atoms with van der Waals surface area (Å²) in [6.45, 7) is 0. The first-order chi connectivity index (χ1) is 8.16. The van der Waals surface area contributed by atoms with E-state index in [4.69, 9.17) is 5.73 Å². The highest BCUT2D eigenvalue weighted by Gasteiger charge is 2.16. The zero-order valence-corrected chi connectivity index (χ0v) is 10.5. The minimum atomic E-state index is -0.480. The number of rotatable bonds is 5. The average molecular weight is 249 g/mol. The number of carbonyl (C=O) groups is 1. The summed E-state index contributed by atoms with van der Waals surface area (Å²) in [6.07, 6.45) is 4.87. The molecule has 0 radical (unpaired) electrons. The van der Waals surface area contributed by atoms with Crippen LogP contribution in [0.2, 0.25) is 0 Å². The monoisotopic (exact) mass is 249 g/mol. The third kappa shape index (κ3) is 3.01. The van der Waals surface area contributed by atoms with Crippen molar-refractivity contribution in [3.63, 3.8) is 0 Å². The van der Waals surface area contributed by atoms with Gasteiger partial charge in [-0.3, -0.25) is 9.48 Å². The summed E-state index contributed by atoms with van der Waals surface area (Å²) in [5.41, 5.74) is 6.96. The molecule has 0 aromatic carbocycles. The second kappa shape index (κ2) is 5.25. The second-order valence-corrected chi connectivity index (χ2v) is 4.96. The van der Waals surface area contributed by atoms with Gasteiger partial charge < -0.3 is 5.73 Å². The minimum Gasteiger partial charge on any atom is -0.317 e. The van der Waals surface area contributed by atoms with Crippen LogP contribution in [0, 0.1) is 0 Å². The molecule has 0 saturated carbocycles. The molecule has 17 heavy (non-hydrogen) atoms. The van der Waals surface area contributed by atoms with Crippen LogP contribution in [0.15, 0.2) is 29.9 Å². The lowest BCUT2D eigenvalue weighted by Gasteiger charge is -2.07. The van der Waals surface area contributed by atoms with Crippen LogP contribution < -0.4 is 5.73 Å². The molecule has 0 spiro atoms. The van der Waals surface area contributed by atoms with Crippen LogP contribution in [-0.2, 0) is 18.3 Å². The largest absolute Gasteiger partial charge is 0.317 e. The number of ketones is 1. The molecule has 1 unspecified atom stereocenters.